The van der Waals surface area contributed by atoms with Gasteiger partial charge in [0.25, 0.3) is 5.91 Å². The lowest BCUT2D eigenvalue weighted by atomic mass is 10.1. The van der Waals surface area contributed by atoms with Gasteiger partial charge in [-0.15, -0.1) is 11.3 Å². The van der Waals surface area contributed by atoms with Gasteiger partial charge in [0.1, 0.15) is 11.0 Å². The minimum Gasteiger partial charge on any atom is -0.485 e. The quantitative estimate of drug-likeness (QED) is 0.678. The Balaban J connectivity index is 1.68. The molecule has 2 aromatic heterocycles. The second kappa shape index (κ2) is 7.01. The van der Waals surface area contributed by atoms with Crippen LogP contribution in [0.15, 0.2) is 42.9 Å². The van der Waals surface area contributed by atoms with Crippen LogP contribution in [0.1, 0.15) is 23.0 Å². The maximum atomic E-state index is 13.1. The lowest BCUT2D eigenvalue weighted by molar-refractivity contribution is 0.0958. The Labute approximate surface area is 159 Å². The van der Waals surface area contributed by atoms with E-state index in [9.17, 15) is 4.79 Å². The zero-order valence-corrected chi connectivity index (χ0v) is 15.5. The highest BCUT2D eigenvalue weighted by atomic mass is 35.5. The second-order valence-electron chi connectivity index (χ2n) is 5.75. The molecule has 1 amide bonds. The van der Waals surface area contributed by atoms with Gasteiger partial charge in [0.15, 0.2) is 16.6 Å². The summed E-state index contributed by atoms with van der Waals surface area (Å²) in [7, 11) is 0. The Morgan fingerprint density at radius 3 is 2.88 bits per heavy atom. The van der Waals surface area contributed by atoms with Crippen molar-refractivity contribution in [2.75, 3.05) is 11.4 Å². The summed E-state index contributed by atoms with van der Waals surface area (Å²) >= 11 is 7.55. The van der Waals surface area contributed by atoms with Crippen LogP contribution in [0, 0.1) is 0 Å². The number of nitrogens with zero attached hydrogens (tertiary/aromatic N) is 4. The molecule has 0 unspecified atom stereocenters. The molecule has 132 valence electrons. The van der Waals surface area contributed by atoms with Gasteiger partial charge >= 0.3 is 0 Å². The molecule has 0 fully saturated rings. The van der Waals surface area contributed by atoms with Crippen LogP contribution in [-0.2, 0) is 0 Å². The summed E-state index contributed by atoms with van der Waals surface area (Å²) in [5.74, 6) is 0.931. The molecule has 0 radical (unpaired) electrons. The molecule has 1 aromatic carbocycles. The van der Waals surface area contributed by atoms with Crippen LogP contribution in [0.2, 0.25) is 5.02 Å². The summed E-state index contributed by atoms with van der Waals surface area (Å²) in [6.45, 7) is 2.49. The predicted molar refractivity (Wildman–Crippen MR) is 101 cm³/mol. The number of amides is 1. The number of ether oxygens (including phenoxy) is 1. The van der Waals surface area contributed by atoms with Gasteiger partial charge in [-0.25, -0.2) is 15.0 Å². The third-order valence-electron chi connectivity index (χ3n) is 4.08. The number of carbonyl (C=O) groups is 1. The highest BCUT2D eigenvalue weighted by Crippen LogP contribution is 2.40. The molecular weight excluding hydrogens is 372 g/mol. The standard InChI is InChI=1S/C18H15ClN4O2S/c1-2-11-10-23(13-6-3-5-12(19)15(13)25-11)18(24)14-9-22-17(26-14)16-20-7-4-8-21-16/h3-9,11H,2,10H2,1H3/t11-/m1/s1. The number of anilines is 1. The zero-order valence-electron chi connectivity index (χ0n) is 13.9. The number of fused-ring (bicyclic) bond motifs is 1. The summed E-state index contributed by atoms with van der Waals surface area (Å²) in [4.78, 5) is 28.0. The van der Waals surface area contributed by atoms with Crippen molar-refractivity contribution in [3.8, 4) is 16.6 Å². The van der Waals surface area contributed by atoms with Crippen molar-refractivity contribution in [2.24, 2.45) is 0 Å². The van der Waals surface area contributed by atoms with Gasteiger partial charge in [-0.1, -0.05) is 24.6 Å². The minimum atomic E-state index is -0.130. The number of benzene rings is 1. The van der Waals surface area contributed by atoms with Crippen LogP contribution in [0.25, 0.3) is 10.8 Å². The van der Waals surface area contributed by atoms with Crippen molar-refractivity contribution in [3.05, 3.63) is 52.8 Å². The Morgan fingerprint density at radius 1 is 1.31 bits per heavy atom. The molecule has 0 saturated carbocycles. The molecule has 6 nitrogen and oxygen atoms in total. The van der Waals surface area contributed by atoms with Crippen LogP contribution in [-0.4, -0.2) is 33.5 Å². The van der Waals surface area contributed by atoms with Crippen molar-refractivity contribution < 1.29 is 9.53 Å². The topological polar surface area (TPSA) is 68.2 Å². The highest BCUT2D eigenvalue weighted by molar-refractivity contribution is 7.17. The third kappa shape index (κ3) is 3.04. The van der Waals surface area contributed by atoms with Gasteiger partial charge in [0.2, 0.25) is 0 Å². The zero-order chi connectivity index (χ0) is 18.1. The molecule has 0 spiro atoms. The third-order valence-corrected chi connectivity index (χ3v) is 5.36. The molecule has 0 N–H and O–H groups in total. The van der Waals surface area contributed by atoms with Crippen LogP contribution in [0.5, 0.6) is 5.75 Å². The first kappa shape index (κ1) is 16.9. The van der Waals surface area contributed by atoms with E-state index in [1.807, 2.05) is 19.1 Å². The smallest absolute Gasteiger partial charge is 0.270 e. The number of para-hydroxylation sites is 1. The maximum Gasteiger partial charge on any atom is 0.270 e. The van der Waals surface area contributed by atoms with Gasteiger partial charge in [-0.3, -0.25) is 4.79 Å². The van der Waals surface area contributed by atoms with E-state index in [0.29, 0.717) is 38.7 Å². The van der Waals surface area contributed by atoms with E-state index in [2.05, 4.69) is 15.0 Å². The van der Waals surface area contributed by atoms with E-state index in [4.69, 9.17) is 16.3 Å². The minimum absolute atomic E-state index is 0.101. The van der Waals surface area contributed by atoms with E-state index < -0.39 is 0 Å². The largest absolute Gasteiger partial charge is 0.485 e. The lowest BCUT2D eigenvalue weighted by Crippen LogP contribution is -2.43. The van der Waals surface area contributed by atoms with Crippen molar-refractivity contribution in [3.63, 3.8) is 0 Å². The Hall–Kier alpha value is -2.51. The van der Waals surface area contributed by atoms with Crippen LogP contribution in [0.4, 0.5) is 5.69 Å². The Morgan fingerprint density at radius 2 is 2.12 bits per heavy atom. The summed E-state index contributed by atoms with van der Waals surface area (Å²) in [6, 6.07) is 7.15. The predicted octanol–water partition coefficient (Wildman–Crippen LogP) is 4.07. The number of aromatic nitrogens is 3. The fourth-order valence-electron chi connectivity index (χ4n) is 2.76. The van der Waals surface area contributed by atoms with Crippen LogP contribution < -0.4 is 9.64 Å². The van der Waals surface area contributed by atoms with Crippen molar-refractivity contribution in [2.45, 2.75) is 19.4 Å². The van der Waals surface area contributed by atoms with Crippen molar-refractivity contribution >= 4 is 34.5 Å². The van der Waals surface area contributed by atoms with E-state index in [-0.39, 0.29) is 12.0 Å². The fraction of sp³-hybridized carbons (Fsp3) is 0.222. The number of thiazole rings is 1. The molecule has 4 rings (SSSR count). The molecule has 0 bridgehead atoms. The number of hydrogen-bond donors (Lipinski definition) is 0. The van der Waals surface area contributed by atoms with E-state index in [1.165, 1.54) is 11.3 Å². The first-order chi connectivity index (χ1) is 12.7. The van der Waals surface area contributed by atoms with Gasteiger partial charge in [-0.2, -0.15) is 0 Å². The average molecular weight is 387 g/mol. The maximum absolute atomic E-state index is 13.1. The molecular formula is C18H15ClN4O2S. The first-order valence-corrected chi connectivity index (χ1v) is 9.37. The summed E-state index contributed by atoms with van der Waals surface area (Å²) in [6.07, 6.45) is 5.55. The van der Waals surface area contributed by atoms with Gasteiger partial charge in [-0.05, 0) is 24.6 Å². The molecule has 8 heteroatoms. The number of halogens is 1. The molecule has 26 heavy (non-hydrogen) atoms. The fourth-order valence-corrected chi connectivity index (χ4v) is 3.78. The monoisotopic (exact) mass is 386 g/mol. The molecule has 1 atom stereocenters. The molecule has 1 aliphatic heterocycles. The van der Waals surface area contributed by atoms with E-state index in [0.717, 1.165) is 6.42 Å². The molecule has 1 aliphatic rings. The van der Waals surface area contributed by atoms with E-state index >= 15 is 0 Å². The second-order valence-corrected chi connectivity index (χ2v) is 7.19. The summed E-state index contributed by atoms with van der Waals surface area (Å²) in [5.41, 5.74) is 0.679. The van der Waals surface area contributed by atoms with Crippen molar-refractivity contribution in [1.82, 2.24) is 15.0 Å². The molecule has 0 aliphatic carbocycles. The number of rotatable bonds is 3. The van der Waals surface area contributed by atoms with Gasteiger partial charge < -0.3 is 9.64 Å². The molecule has 3 aromatic rings. The number of carbonyl (C=O) groups excluding carboxylic acids is 1. The Bertz CT molecular complexity index is 947. The van der Waals surface area contributed by atoms with Crippen LogP contribution in [0.3, 0.4) is 0 Å². The average Bonchev–Trinajstić information content (AvgIpc) is 3.18. The SMILES string of the molecule is CC[C@@H]1CN(C(=O)c2cnc(-c3ncccn3)s2)c2cccc(Cl)c2O1. The highest BCUT2D eigenvalue weighted by Gasteiger charge is 2.32. The lowest BCUT2D eigenvalue weighted by Gasteiger charge is -2.34. The normalized spacial score (nSPS) is 16.1. The summed E-state index contributed by atoms with van der Waals surface area (Å²) < 4.78 is 5.94. The Kier molecular flexibility index (Phi) is 4.57. The number of hydrogen-bond acceptors (Lipinski definition) is 6. The van der Waals surface area contributed by atoms with Gasteiger partial charge in [0.05, 0.1) is 23.5 Å². The molecule has 3 heterocycles. The molecule has 0 saturated heterocycles. The van der Waals surface area contributed by atoms with Crippen LogP contribution >= 0.6 is 22.9 Å². The van der Waals surface area contributed by atoms with E-state index in [1.54, 1.807) is 35.6 Å². The van der Waals surface area contributed by atoms with Crippen molar-refractivity contribution in [1.29, 1.82) is 0 Å². The van der Waals surface area contributed by atoms with Gasteiger partial charge in [0, 0.05) is 12.4 Å². The summed E-state index contributed by atoms with van der Waals surface area (Å²) in [5, 5.41) is 1.11. The first-order valence-electron chi connectivity index (χ1n) is 8.17.